The quantitative estimate of drug-likeness (QED) is 0.761. The van der Waals surface area contributed by atoms with E-state index in [9.17, 15) is 4.79 Å². The predicted molar refractivity (Wildman–Crippen MR) is 108 cm³/mol. The summed E-state index contributed by atoms with van der Waals surface area (Å²) in [6.45, 7) is 4.77. The minimum atomic E-state index is -0.0862. The number of carbonyl (C=O) groups excluding carboxylic acids is 1. The van der Waals surface area contributed by atoms with Crippen LogP contribution in [-0.4, -0.2) is 22.3 Å². The lowest BCUT2D eigenvalue weighted by molar-refractivity contribution is 0.102. The number of benzene rings is 2. The number of aromatic nitrogens is 1. The fraction of sp³-hybridized carbons (Fsp3) is 0.217. The standard InChI is InChI=1S/C23H23N3O/c1-17-7-9-19(10-8-17)23(27)25-22-14-24-13-20-16-26(12-11-21(20)22)15-18-5-3-2-4-6-18/h2-10,13-14H,11-12,15-16H2,1H3,(H,25,27). The van der Waals surface area contributed by atoms with Crippen LogP contribution in [0.1, 0.15) is 32.6 Å². The van der Waals surface area contributed by atoms with E-state index in [0.29, 0.717) is 5.56 Å². The zero-order chi connectivity index (χ0) is 18.6. The lowest BCUT2D eigenvalue weighted by atomic mass is 9.99. The minimum absolute atomic E-state index is 0.0862. The molecule has 4 heteroatoms. The first-order chi connectivity index (χ1) is 13.2. The highest BCUT2D eigenvalue weighted by Gasteiger charge is 2.20. The van der Waals surface area contributed by atoms with Crippen LogP contribution in [0.25, 0.3) is 0 Å². The number of carbonyl (C=O) groups is 1. The van der Waals surface area contributed by atoms with Gasteiger partial charge < -0.3 is 5.32 Å². The van der Waals surface area contributed by atoms with Gasteiger partial charge in [-0.1, -0.05) is 48.0 Å². The molecule has 1 N–H and O–H groups in total. The molecule has 4 rings (SSSR count). The molecular weight excluding hydrogens is 334 g/mol. The van der Waals surface area contributed by atoms with Crippen LogP contribution < -0.4 is 5.32 Å². The van der Waals surface area contributed by atoms with Gasteiger partial charge in [0.05, 0.1) is 11.9 Å². The second kappa shape index (κ2) is 7.72. The maximum absolute atomic E-state index is 12.6. The number of amides is 1. The van der Waals surface area contributed by atoms with E-state index >= 15 is 0 Å². The average molecular weight is 357 g/mol. The van der Waals surface area contributed by atoms with E-state index in [2.05, 4.69) is 39.5 Å². The molecule has 1 aliphatic rings. The minimum Gasteiger partial charge on any atom is -0.320 e. The molecular formula is C23H23N3O. The molecule has 1 aromatic heterocycles. The zero-order valence-electron chi connectivity index (χ0n) is 15.5. The molecule has 0 saturated heterocycles. The average Bonchev–Trinajstić information content (AvgIpc) is 2.69. The summed E-state index contributed by atoms with van der Waals surface area (Å²) >= 11 is 0. The molecule has 0 spiro atoms. The Morgan fingerprint density at radius 3 is 2.63 bits per heavy atom. The first kappa shape index (κ1) is 17.4. The molecule has 1 amide bonds. The Balaban J connectivity index is 1.48. The molecule has 0 aliphatic carbocycles. The lowest BCUT2D eigenvalue weighted by Crippen LogP contribution is -2.31. The SMILES string of the molecule is Cc1ccc(C(=O)Nc2cncc3c2CCN(Cc2ccccc2)C3)cc1. The van der Waals surface area contributed by atoms with E-state index in [1.807, 2.05) is 43.5 Å². The smallest absolute Gasteiger partial charge is 0.255 e. The van der Waals surface area contributed by atoms with Gasteiger partial charge in [0.25, 0.3) is 5.91 Å². The van der Waals surface area contributed by atoms with Crippen molar-refractivity contribution in [3.05, 3.63) is 94.8 Å². The molecule has 0 fully saturated rings. The highest BCUT2D eigenvalue weighted by atomic mass is 16.1. The van der Waals surface area contributed by atoms with E-state index in [1.54, 1.807) is 6.20 Å². The Bertz CT molecular complexity index is 936. The summed E-state index contributed by atoms with van der Waals surface area (Å²) in [7, 11) is 0. The van der Waals surface area contributed by atoms with Gasteiger partial charge in [0.15, 0.2) is 0 Å². The van der Waals surface area contributed by atoms with Crippen LogP contribution in [0.4, 0.5) is 5.69 Å². The molecule has 27 heavy (non-hydrogen) atoms. The first-order valence-electron chi connectivity index (χ1n) is 9.29. The van der Waals surface area contributed by atoms with Crippen molar-refractivity contribution in [1.29, 1.82) is 0 Å². The Kier molecular flexibility index (Phi) is 4.99. The van der Waals surface area contributed by atoms with Crippen LogP contribution in [0, 0.1) is 6.92 Å². The first-order valence-corrected chi connectivity index (χ1v) is 9.29. The third kappa shape index (κ3) is 4.07. The van der Waals surface area contributed by atoms with E-state index in [1.165, 1.54) is 16.7 Å². The molecule has 4 nitrogen and oxygen atoms in total. The summed E-state index contributed by atoms with van der Waals surface area (Å²) in [5.41, 5.74) is 6.35. The fourth-order valence-corrected chi connectivity index (χ4v) is 3.54. The van der Waals surface area contributed by atoms with Crippen LogP contribution in [0.2, 0.25) is 0 Å². The second-order valence-electron chi connectivity index (χ2n) is 7.09. The molecule has 2 aromatic carbocycles. The predicted octanol–water partition coefficient (Wildman–Crippen LogP) is 4.20. The number of rotatable bonds is 4. The molecule has 136 valence electrons. The monoisotopic (exact) mass is 357 g/mol. The van der Waals surface area contributed by atoms with E-state index in [4.69, 9.17) is 0 Å². The van der Waals surface area contributed by atoms with Gasteiger partial charge in [-0.05, 0) is 42.2 Å². The Morgan fingerprint density at radius 2 is 1.85 bits per heavy atom. The number of anilines is 1. The van der Waals surface area contributed by atoms with Gasteiger partial charge in [0.2, 0.25) is 0 Å². The second-order valence-corrected chi connectivity index (χ2v) is 7.09. The van der Waals surface area contributed by atoms with Gasteiger partial charge in [-0.25, -0.2) is 0 Å². The normalized spacial score (nSPS) is 13.8. The van der Waals surface area contributed by atoms with Crippen molar-refractivity contribution >= 4 is 11.6 Å². The molecule has 3 aromatic rings. The maximum Gasteiger partial charge on any atom is 0.255 e. The van der Waals surface area contributed by atoms with E-state index in [0.717, 1.165) is 37.3 Å². The Labute approximate surface area is 159 Å². The van der Waals surface area contributed by atoms with Crippen molar-refractivity contribution in [3.8, 4) is 0 Å². The van der Waals surface area contributed by atoms with E-state index < -0.39 is 0 Å². The fourth-order valence-electron chi connectivity index (χ4n) is 3.54. The highest BCUT2D eigenvalue weighted by Crippen LogP contribution is 2.26. The molecule has 0 atom stereocenters. The van der Waals surface area contributed by atoms with Crippen molar-refractivity contribution in [2.24, 2.45) is 0 Å². The highest BCUT2D eigenvalue weighted by molar-refractivity contribution is 6.04. The topological polar surface area (TPSA) is 45.2 Å². The number of nitrogens with zero attached hydrogens (tertiary/aromatic N) is 2. The van der Waals surface area contributed by atoms with Gasteiger partial charge in [-0.15, -0.1) is 0 Å². The summed E-state index contributed by atoms with van der Waals surface area (Å²) in [4.78, 5) is 19.3. The van der Waals surface area contributed by atoms with Crippen molar-refractivity contribution in [2.75, 3.05) is 11.9 Å². The van der Waals surface area contributed by atoms with Crippen molar-refractivity contribution in [3.63, 3.8) is 0 Å². The van der Waals surface area contributed by atoms with Gasteiger partial charge in [-0.3, -0.25) is 14.7 Å². The van der Waals surface area contributed by atoms with Crippen molar-refractivity contribution in [2.45, 2.75) is 26.4 Å². The summed E-state index contributed by atoms with van der Waals surface area (Å²) in [5.74, 6) is -0.0862. The molecule has 0 saturated carbocycles. The van der Waals surface area contributed by atoms with E-state index in [-0.39, 0.29) is 5.91 Å². The van der Waals surface area contributed by atoms with Crippen LogP contribution >= 0.6 is 0 Å². The molecule has 0 bridgehead atoms. The molecule has 2 heterocycles. The maximum atomic E-state index is 12.6. The summed E-state index contributed by atoms with van der Waals surface area (Å²) in [6, 6.07) is 18.1. The van der Waals surface area contributed by atoms with Crippen molar-refractivity contribution in [1.82, 2.24) is 9.88 Å². The van der Waals surface area contributed by atoms with Gasteiger partial charge in [0, 0.05) is 31.4 Å². The Morgan fingerprint density at radius 1 is 1.07 bits per heavy atom. The summed E-state index contributed by atoms with van der Waals surface area (Å²) in [5, 5.41) is 3.05. The third-order valence-electron chi connectivity index (χ3n) is 5.03. The van der Waals surface area contributed by atoms with Crippen LogP contribution in [0.5, 0.6) is 0 Å². The zero-order valence-corrected chi connectivity index (χ0v) is 15.5. The molecule has 0 radical (unpaired) electrons. The van der Waals surface area contributed by atoms with Crippen molar-refractivity contribution < 1.29 is 4.79 Å². The number of nitrogens with one attached hydrogen (secondary N) is 1. The molecule has 0 unspecified atom stereocenters. The van der Waals surface area contributed by atoms with Crippen LogP contribution in [0.15, 0.2) is 67.0 Å². The number of fused-ring (bicyclic) bond motifs is 1. The number of hydrogen-bond donors (Lipinski definition) is 1. The summed E-state index contributed by atoms with van der Waals surface area (Å²) < 4.78 is 0. The number of aryl methyl sites for hydroxylation is 1. The Hall–Kier alpha value is -2.98. The van der Waals surface area contributed by atoms with Gasteiger partial charge in [-0.2, -0.15) is 0 Å². The lowest BCUT2D eigenvalue weighted by Gasteiger charge is -2.29. The number of pyridine rings is 1. The van der Waals surface area contributed by atoms with Gasteiger partial charge >= 0.3 is 0 Å². The molecule has 1 aliphatic heterocycles. The number of hydrogen-bond acceptors (Lipinski definition) is 3. The van der Waals surface area contributed by atoms with Gasteiger partial charge in [0.1, 0.15) is 0 Å². The van der Waals surface area contributed by atoms with Crippen LogP contribution in [-0.2, 0) is 19.5 Å². The third-order valence-corrected chi connectivity index (χ3v) is 5.03. The van der Waals surface area contributed by atoms with Crippen LogP contribution in [0.3, 0.4) is 0 Å². The summed E-state index contributed by atoms with van der Waals surface area (Å²) in [6.07, 6.45) is 4.60. The largest absolute Gasteiger partial charge is 0.320 e.